The molecule has 0 radical (unpaired) electrons. The van der Waals surface area contributed by atoms with Crippen LogP contribution in [0.4, 0.5) is 5.82 Å². The maximum atomic E-state index is 5.90. The second-order valence-corrected chi connectivity index (χ2v) is 7.26. The van der Waals surface area contributed by atoms with Crippen molar-refractivity contribution >= 4 is 5.82 Å². The molecule has 4 heterocycles. The van der Waals surface area contributed by atoms with E-state index in [4.69, 9.17) is 9.47 Å². The molecule has 2 fully saturated rings. The third kappa shape index (κ3) is 3.31. The fraction of sp³-hybridized carbons (Fsp3) is 0.526. The zero-order valence-electron chi connectivity index (χ0n) is 15.3. The summed E-state index contributed by atoms with van der Waals surface area (Å²) in [5.74, 6) is 2.80. The van der Waals surface area contributed by atoms with Gasteiger partial charge in [0, 0.05) is 31.4 Å². The Morgan fingerprint density at radius 2 is 2.08 bits per heavy atom. The van der Waals surface area contributed by atoms with Crippen LogP contribution in [0.1, 0.15) is 12.8 Å². The zero-order valence-corrected chi connectivity index (χ0v) is 15.3. The Bertz CT molecular complexity index is 736. The van der Waals surface area contributed by atoms with E-state index in [0.29, 0.717) is 17.7 Å². The average molecular weight is 355 g/mol. The first-order chi connectivity index (χ1) is 12.7. The van der Waals surface area contributed by atoms with Crippen molar-refractivity contribution in [1.29, 1.82) is 0 Å². The van der Waals surface area contributed by atoms with Crippen molar-refractivity contribution in [2.45, 2.75) is 18.4 Å². The third-order valence-corrected chi connectivity index (χ3v) is 5.59. The van der Waals surface area contributed by atoms with Crippen molar-refractivity contribution in [3.8, 4) is 11.8 Å². The van der Waals surface area contributed by atoms with Gasteiger partial charge in [-0.05, 0) is 38.4 Å². The Balaban J connectivity index is 1.37. The molecule has 1 spiro atoms. The van der Waals surface area contributed by atoms with Crippen LogP contribution in [0.25, 0.3) is 0 Å². The van der Waals surface area contributed by atoms with Crippen LogP contribution in [-0.2, 0) is 0 Å². The Morgan fingerprint density at radius 3 is 2.85 bits per heavy atom. The minimum absolute atomic E-state index is 0.203. The lowest BCUT2D eigenvalue weighted by molar-refractivity contribution is 0.00555. The lowest BCUT2D eigenvalue weighted by Gasteiger charge is -2.58. The van der Waals surface area contributed by atoms with E-state index in [0.717, 1.165) is 44.9 Å². The topological polar surface area (TPSA) is 63.6 Å². The highest BCUT2D eigenvalue weighted by molar-refractivity contribution is 5.46. The van der Waals surface area contributed by atoms with Crippen LogP contribution >= 0.6 is 0 Å². The minimum atomic E-state index is 0.203. The van der Waals surface area contributed by atoms with E-state index in [1.165, 1.54) is 0 Å². The first kappa shape index (κ1) is 17.0. The molecule has 2 aromatic rings. The maximum Gasteiger partial charge on any atom is 0.218 e. The van der Waals surface area contributed by atoms with Gasteiger partial charge in [-0.25, -0.2) is 15.0 Å². The molecule has 0 aliphatic carbocycles. The number of pyridine rings is 1. The van der Waals surface area contributed by atoms with Gasteiger partial charge in [0.25, 0.3) is 0 Å². The van der Waals surface area contributed by atoms with Gasteiger partial charge in [-0.1, -0.05) is 6.07 Å². The van der Waals surface area contributed by atoms with Crippen LogP contribution in [0, 0.1) is 5.92 Å². The Morgan fingerprint density at radius 1 is 1.19 bits per heavy atom. The first-order valence-corrected chi connectivity index (χ1v) is 9.05. The summed E-state index contributed by atoms with van der Waals surface area (Å²) >= 11 is 0. The first-order valence-electron chi connectivity index (χ1n) is 9.05. The molecule has 26 heavy (non-hydrogen) atoms. The molecule has 0 unspecified atom stereocenters. The van der Waals surface area contributed by atoms with E-state index in [9.17, 15) is 0 Å². The number of likely N-dealkylation sites (tertiary alicyclic amines) is 1. The number of hydrogen-bond acceptors (Lipinski definition) is 7. The molecule has 1 atom stereocenters. The summed E-state index contributed by atoms with van der Waals surface area (Å²) in [6.45, 7) is 3.78. The van der Waals surface area contributed by atoms with Gasteiger partial charge in [0.05, 0.1) is 19.3 Å². The smallest absolute Gasteiger partial charge is 0.218 e. The number of nitrogens with zero attached hydrogens (tertiary/aromatic N) is 5. The lowest BCUT2D eigenvalue weighted by atomic mass is 9.75. The predicted molar refractivity (Wildman–Crippen MR) is 98.6 cm³/mol. The number of methoxy groups -OCH3 is 1. The van der Waals surface area contributed by atoms with Crippen LogP contribution in [0.3, 0.4) is 0 Å². The summed E-state index contributed by atoms with van der Waals surface area (Å²) in [7, 11) is 3.86. The van der Waals surface area contributed by atoms with Crippen LogP contribution in [0.2, 0.25) is 0 Å². The molecule has 0 amide bonds. The van der Waals surface area contributed by atoms with Crippen molar-refractivity contribution in [3.63, 3.8) is 0 Å². The highest BCUT2D eigenvalue weighted by Gasteiger charge is 2.50. The van der Waals surface area contributed by atoms with Crippen molar-refractivity contribution in [2.75, 3.05) is 45.3 Å². The van der Waals surface area contributed by atoms with Crippen molar-refractivity contribution < 1.29 is 9.47 Å². The predicted octanol–water partition coefficient (Wildman–Crippen LogP) is 1.86. The molecule has 0 bridgehead atoms. The SMILES string of the molecule is COc1cc(N2CC3(C[C@@H](COc4ccccn4)CCN3C)C2)ncn1. The lowest BCUT2D eigenvalue weighted by Crippen LogP contribution is -2.72. The summed E-state index contributed by atoms with van der Waals surface area (Å²) in [5, 5.41) is 0. The molecular formula is C19H25N5O2. The number of ether oxygens (including phenoxy) is 2. The third-order valence-electron chi connectivity index (χ3n) is 5.59. The molecular weight excluding hydrogens is 330 g/mol. The summed E-state index contributed by atoms with van der Waals surface area (Å²) < 4.78 is 11.1. The van der Waals surface area contributed by atoms with E-state index in [1.807, 2.05) is 24.3 Å². The second-order valence-electron chi connectivity index (χ2n) is 7.26. The molecule has 0 N–H and O–H groups in total. The maximum absolute atomic E-state index is 5.90. The van der Waals surface area contributed by atoms with Gasteiger partial charge in [0.1, 0.15) is 12.1 Å². The molecule has 0 aromatic carbocycles. The second kappa shape index (κ2) is 7.07. The largest absolute Gasteiger partial charge is 0.481 e. The fourth-order valence-corrected chi connectivity index (χ4v) is 4.00. The van der Waals surface area contributed by atoms with Gasteiger partial charge < -0.3 is 14.4 Å². The van der Waals surface area contributed by atoms with E-state index in [-0.39, 0.29) is 5.54 Å². The van der Waals surface area contributed by atoms with Crippen molar-refractivity contribution in [3.05, 3.63) is 36.8 Å². The molecule has 2 aliphatic heterocycles. The Labute approximate surface area is 154 Å². The van der Waals surface area contributed by atoms with Gasteiger partial charge in [-0.3, -0.25) is 4.90 Å². The van der Waals surface area contributed by atoms with Crippen LogP contribution in [-0.4, -0.2) is 65.8 Å². The van der Waals surface area contributed by atoms with Gasteiger partial charge in [-0.2, -0.15) is 0 Å². The van der Waals surface area contributed by atoms with E-state index < -0.39 is 0 Å². The van der Waals surface area contributed by atoms with E-state index >= 15 is 0 Å². The monoisotopic (exact) mass is 355 g/mol. The quantitative estimate of drug-likeness (QED) is 0.811. The molecule has 2 aromatic heterocycles. The number of aromatic nitrogens is 3. The van der Waals surface area contributed by atoms with Gasteiger partial charge in [-0.15, -0.1) is 0 Å². The van der Waals surface area contributed by atoms with Crippen LogP contribution in [0.15, 0.2) is 36.8 Å². The Kier molecular flexibility index (Phi) is 4.63. The summed E-state index contributed by atoms with van der Waals surface area (Å²) in [6.07, 6.45) is 5.62. The van der Waals surface area contributed by atoms with Crippen LogP contribution < -0.4 is 14.4 Å². The number of rotatable bonds is 5. The molecule has 7 heteroatoms. The van der Waals surface area contributed by atoms with Gasteiger partial charge in [0.2, 0.25) is 11.8 Å². The summed E-state index contributed by atoms with van der Waals surface area (Å²) in [4.78, 5) is 17.5. The molecule has 2 aliphatic rings. The molecule has 0 saturated carbocycles. The molecule has 4 rings (SSSR count). The normalized spacial score (nSPS) is 22.1. The highest BCUT2D eigenvalue weighted by Crippen LogP contribution is 2.40. The zero-order chi connectivity index (χ0) is 18.0. The van der Waals surface area contributed by atoms with Crippen LogP contribution in [0.5, 0.6) is 11.8 Å². The summed E-state index contributed by atoms with van der Waals surface area (Å²) in [5.41, 5.74) is 0.203. The van der Waals surface area contributed by atoms with Gasteiger partial charge >= 0.3 is 0 Å². The number of anilines is 1. The molecule has 2 saturated heterocycles. The molecule has 7 nitrogen and oxygen atoms in total. The standard InChI is InChI=1S/C19H25N5O2/c1-23-8-6-15(11-26-17-5-3-4-7-20-17)10-19(23)12-24(13-19)16-9-18(25-2)22-14-21-16/h3-5,7,9,14-15H,6,8,10-13H2,1-2H3/t15-/m0/s1. The Hall–Kier alpha value is -2.41. The van der Waals surface area contributed by atoms with E-state index in [1.54, 1.807) is 19.6 Å². The number of likely N-dealkylation sites (N-methyl/N-ethyl adjacent to an activating group) is 1. The van der Waals surface area contributed by atoms with E-state index in [2.05, 4.69) is 31.8 Å². The minimum Gasteiger partial charge on any atom is -0.481 e. The number of piperidine rings is 1. The average Bonchev–Trinajstić information content (AvgIpc) is 2.66. The fourth-order valence-electron chi connectivity index (χ4n) is 4.00. The van der Waals surface area contributed by atoms with Gasteiger partial charge in [0.15, 0.2) is 0 Å². The highest BCUT2D eigenvalue weighted by atomic mass is 16.5. The summed E-state index contributed by atoms with van der Waals surface area (Å²) in [6, 6.07) is 7.68. The number of hydrogen-bond donors (Lipinski definition) is 0. The van der Waals surface area contributed by atoms with Crippen molar-refractivity contribution in [1.82, 2.24) is 19.9 Å². The van der Waals surface area contributed by atoms with Crippen molar-refractivity contribution in [2.24, 2.45) is 5.92 Å². The molecule has 138 valence electrons.